The summed E-state index contributed by atoms with van der Waals surface area (Å²) in [5.41, 5.74) is 1.67. The van der Waals surface area contributed by atoms with Crippen LogP contribution in [0.2, 0.25) is 0 Å². The zero-order valence-corrected chi connectivity index (χ0v) is 14.2. The Morgan fingerprint density at radius 2 is 1.95 bits per heavy atom. The van der Waals surface area contributed by atoms with Crippen LogP contribution in [0.15, 0.2) is 24.3 Å². The molecule has 1 fully saturated rings. The molecule has 2 nitrogen and oxygen atoms in total. The number of nitrogens with zero attached hydrogens (tertiary/aromatic N) is 1. The van der Waals surface area contributed by atoms with Gasteiger partial charge in [0.2, 0.25) is 0 Å². The van der Waals surface area contributed by atoms with Gasteiger partial charge in [0.05, 0.1) is 0 Å². The molecule has 1 aromatic rings. The van der Waals surface area contributed by atoms with Crippen molar-refractivity contribution in [1.82, 2.24) is 4.90 Å². The fraction of sp³-hybridized carbons (Fsp3) is 0.684. The van der Waals surface area contributed by atoms with Gasteiger partial charge in [0.25, 0.3) is 0 Å². The van der Waals surface area contributed by atoms with Crippen molar-refractivity contribution in [3.8, 4) is 5.75 Å². The van der Waals surface area contributed by atoms with Crippen molar-refractivity contribution in [3.63, 3.8) is 0 Å². The minimum absolute atomic E-state index is 0.263. The summed E-state index contributed by atoms with van der Waals surface area (Å²) in [6.45, 7) is 13.5. The van der Waals surface area contributed by atoms with E-state index >= 15 is 0 Å². The van der Waals surface area contributed by atoms with E-state index in [-0.39, 0.29) is 5.41 Å². The van der Waals surface area contributed by atoms with E-state index in [0.29, 0.717) is 0 Å². The topological polar surface area (TPSA) is 12.5 Å². The highest BCUT2D eigenvalue weighted by Crippen LogP contribution is 2.29. The second kappa shape index (κ2) is 7.31. The Morgan fingerprint density at radius 3 is 2.52 bits per heavy atom. The van der Waals surface area contributed by atoms with E-state index in [0.717, 1.165) is 24.8 Å². The van der Waals surface area contributed by atoms with Gasteiger partial charge in [0, 0.05) is 13.1 Å². The Balaban J connectivity index is 1.79. The molecule has 0 spiro atoms. The Labute approximate surface area is 130 Å². The molecule has 21 heavy (non-hydrogen) atoms. The van der Waals surface area contributed by atoms with Gasteiger partial charge in [0.15, 0.2) is 0 Å². The molecule has 1 atom stereocenters. The molecule has 2 rings (SSSR count). The van der Waals surface area contributed by atoms with E-state index in [4.69, 9.17) is 4.74 Å². The van der Waals surface area contributed by atoms with Crippen LogP contribution in [0.1, 0.15) is 52.5 Å². The summed E-state index contributed by atoms with van der Waals surface area (Å²) in [6.07, 6.45) is 3.78. The molecule has 0 N–H and O–H groups in total. The maximum absolute atomic E-state index is 5.89. The molecule has 1 aliphatic rings. The summed E-state index contributed by atoms with van der Waals surface area (Å²) in [6, 6.07) is 8.70. The maximum Gasteiger partial charge on any atom is 0.119 e. The Morgan fingerprint density at radius 1 is 1.24 bits per heavy atom. The average Bonchev–Trinajstić information content (AvgIpc) is 2.85. The van der Waals surface area contributed by atoms with Crippen LogP contribution in [0.25, 0.3) is 0 Å². The number of ether oxygens (including phenoxy) is 1. The third-order valence-corrected chi connectivity index (χ3v) is 4.70. The van der Waals surface area contributed by atoms with Gasteiger partial charge in [-0.15, -0.1) is 0 Å². The normalized spacial score (nSPS) is 19.9. The molecule has 1 saturated heterocycles. The SMILES string of the molecule is CCCC(C)(C)c1ccc(OCCN2CCC(C)C2)cc1. The van der Waals surface area contributed by atoms with E-state index in [9.17, 15) is 0 Å². The predicted molar refractivity (Wildman–Crippen MR) is 90.1 cm³/mol. The van der Waals surface area contributed by atoms with Gasteiger partial charge in [-0.05, 0) is 48.4 Å². The number of benzene rings is 1. The van der Waals surface area contributed by atoms with E-state index in [1.54, 1.807) is 0 Å². The second-order valence-electron chi connectivity index (χ2n) is 7.20. The fourth-order valence-electron chi connectivity index (χ4n) is 3.29. The average molecular weight is 289 g/mol. The highest BCUT2D eigenvalue weighted by Gasteiger charge is 2.19. The van der Waals surface area contributed by atoms with Gasteiger partial charge in [-0.1, -0.05) is 46.2 Å². The third-order valence-electron chi connectivity index (χ3n) is 4.70. The number of rotatable bonds is 7. The zero-order valence-electron chi connectivity index (χ0n) is 14.2. The maximum atomic E-state index is 5.89. The molecule has 1 unspecified atom stereocenters. The van der Waals surface area contributed by atoms with Crippen molar-refractivity contribution in [2.24, 2.45) is 5.92 Å². The molecule has 1 aromatic carbocycles. The summed E-state index contributed by atoms with van der Waals surface area (Å²) in [5, 5.41) is 0. The molecule has 1 heterocycles. The monoisotopic (exact) mass is 289 g/mol. The van der Waals surface area contributed by atoms with Crippen LogP contribution in [0.5, 0.6) is 5.75 Å². The molecule has 118 valence electrons. The summed E-state index contributed by atoms with van der Waals surface area (Å²) in [4.78, 5) is 2.50. The fourth-order valence-corrected chi connectivity index (χ4v) is 3.29. The largest absolute Gasteiger partial charge is 0.492 e. The molecule has 0 amide bonds. The van der Waals surface area contributed by atoms with Crippen LogP contribution in [0.3, 0.4) is 0 Å². The van der Waals surface area contributed by atoms with Crippen molar-refractivity contribution in [3.05, 3.63) is 29.8 Å². The highest BCUT2D eigenvalue weighted by atomic mass is 16.5. The molecule has 1 aliphatic heterocycles. The zero-order chi connectivity index (χ0) is 15.3. The summed E-state index contributed by atoms with van der Waals surface area (Å²) in [5.74, 6) is 1.85. The Hall–Kier alpha value is -1.02. The smallest absolute Gasteiger partial charge is 0.119 e. The van der Waals surface area contributed by atoms with Crippen molar-refractivity contribution < 1.29 is 4.74 Å². The number of hydrogen-bond acceptors (Lipinski definition) is 2. The summed E-state index contributed by atoms with van der Waals surface area (Å²) >= 11 is 0. The lowest BCUT2D eigenvalue weighted by atomic mass is 9.81. The van der Waals surface area contributed by atoms with E-state index < -0.39 is 0 Å². The first-order valence-corrected chi connectivity index (χ1v) is 8.47. The number of likely N-dealkylation sites (tertiary alicyclic amines) is 1. The molecular formula is C19H31NO. The van der Waals surface area contributed by atoms with Gasteiger partial charge in [-0.3, -0.25) is 4.90 Å². The summed E-state index contributed by atoms with van der Waals surface area (Å²) in [7, 11) is 0. The van der Waals surface area contributed by atoms with Gasteiger partial charge in [0.1, 0.15) is 12.4 Å². The van der Waals surface area contributed by atoms with Crippen molar-refractivity contribution in [2.45, 2.75) is 52.4 Å². The van der Waals surface area contributed by atoms with Crippen molar-refractivity contribution in [2.75, 3.05) is 26.2 Å². The lowest BCUT2D eigenvalue weighted by Gasteiger charge is -2.25. The first-order valence-electron chi connectivity index (χ1n) is 8.47. The van der Waals surface area contributed by atoms with E-state index in [1.807, 2.05) is 0 Å². The van der Waals surface area contributed by atoms with Gasteiger partial charge in [-0.25, -0.2) is 0 Å². The minimum Gasteiger partial charge on any atom is -0.492 e. The molecule has 0 saturated carbocycles. The first-order chi connectivity index (χ1) is 10.0. The Kier molecular flexibility index (Phi) is 5.69. The van der Waals surface area contributed by atoms with Crippen LogP contribution in [-0.4, -0.2) is 31.1 Å². The number of hydrogen-bond donors (Lipinski definition) is 0. The predicted octanol–water partition coefficient (Wildman–Crippen LogP) is 4.48. The van der Waals surface area contributed by atoms with Gasteiger partial charge in [-0.2, -0.15) is 0 Å². The van der Waals surface area contributed by atoms with E-state index in [1.165, 1.54) is 37.9 Å². The van der Waals surface area contributed by atoms with E-state index in [2.05, 4.69) is 56.9 Å². The Bertz CT molecular complexity index is 424. The van der Waals surface area contributed by atoms with Crippen LogP contribution < -0.4 is 4.74 Å². The van der Waals surface area contributed by atoms with Gasteiger partial charge >= 0.3 is 0 Å². The molecule has 2 heteroatoms. The van der Waals surface area contributed by atoms with Crippen molar-refractivity contribution >= 4 is 0 Å². The molecule has 0 radical (unpaired) electrons. The van der Waals surface area contributed by atoms with Crippen molar-refractivity contribution in [1.29, 1.82) is 0 Å². The first kappa shape index (κ1) is 16.4. The molecular weight excluding hydrogens is 258 g/mol. The lowest BCUT2D eigenvalue weighted by Crippen LogP contribution is -2.25. The van der Waals surface area contributed by atoms with Crippen LogP contribution in [0, 0.1) is 5.92 Å². The molecule has 0 bridgehead atoms. The molecule has 0 aliphatic carbocycles. The van der Waals surface area contributed by atoms with Gasteiger partial charge < -0.3 is 4.74 Å². The van der Waals surface area contributed by atoms with Crippen LogP contribution >= 0.6 is 0 Å². The van der Waals surface area contributed by atoms with Crippen LogP contribution in [-0.2, 0) is 5.41 Å². The van der Waals surface area contributed by atoms with Crippen LogP contribution in [0.4, 0.5) is 0 Å². The summed E-state index contributed by atoms with van der Waals surface area (Å²) < 4.78 is 5.89. The lowest BCUT2D eigenvalue weighted by molar-refractivity contribution is 0.234. The standard InChI is InChI=1S/C19H31NO/c1-5-11-19(3,4)17-6-8-18(9-7-17)21-14-13-20-12-10-16(2)15-20/h6-9,16H,5,10-15H2,1-4H3. The second-order valence-corrected chi connectivity index (χ2v) is 7.20. The quantitative estimate of drug-likeness (QED) is 0.733. The minimum atomic E-state index is 0.263. The highest BCUT2D eigenvalue weighted by molar-refractivity contribution is 5.31. The molecule has 0 aromatic heterocycles. The third kappa shape index (κ3) is 4.74.